The minimum atomic E-state index is -0.986. The first kappa shape index (κ1) is 18.8. The Bertz CT molecular complexity index is 1280. The second-order valence-electron chi connectivity index (χ2n) is 6.31. The molecule has 0 aliphatic rings. The number of hydrogen-bond donors (Lipinski definition) is 2. The number of fused-ring (bicyclic) bond motifs is 1. The van der Waals surface area contributed by atoms with Crippen LogP contribution in [0.1, 0.15) is 15.9 Å². The Morgan fingerprint density at radius 2 is 1.86 bits per heavy atom. The summed E-state index contributed by atoms with van der Waals surface area (Å²) in [6.07, 6.45) is 0. The van der Waals surface area contributed by atoms with Crippen molar-refractivity contribution in [3.8, 4) is 5.75 Å². The number of pyridine rings is 1. The van der Waals surface area contributed by atoms with Gasteiger partial charge in [0, 0.05) is 6.07 Å². The Kier molecular flexibility index (Phi) is 4.85. The van der Waals surface area contributed by atoms with Gasteiger partial charge in [-0.1, -0.05) is 30.3 Å². The number of carbonyl (C=O) groups is 1. The van der Waals surface area contributed by atoms with Crippen LogP contribution in [0.2, 0.25) is 0 Å². The highest BCUT2D eigenvalue weighted by molar-refractivity contribution is 7.17. The lowest BCUT2D eigenvalue weighted by molar-refractivity contribution is 0.102. The minimum Gasteiger partial charge on any atom is -0.505 e. The zero-order chi connectivity index (χ0) is 20.5. The fourth-order valence-corrected chi connectivity index (χ4v) is 3.90. The van der Waals surface area contributed by atoms with Crippen molar-refractivity contribution in [1.29, 1.82) is 0 Å². The first-order valence-electron chi connectivity index (χ1n) is 8.59. The molecule has 2 N–H and O–H groups in total. The van der Waals surface area contributed by atoms with E-state index in [-0.39, 0.29) is 12.2 Å². The highest BCUT2D eigenvalue weighted by atomic mass is 32.1. The van der Waals surface area contributed by atoms with Gasteiger partial charge in [-0.15, -0.1) is 11.3 Å². The third-order valence-electron chi connectivity index (χ3n) is 4.44. The Labute approximate surface area is 167 Å². The molecule has 0 unspecified atom stereocenters. The molecule has 0 aliphatic carbocycles. The summed E-state index contributed by atoms with van der Waals surface area (Å²) in [4.78, 5) is 25.8. The number of halogens is 2. The summed E-state index contributed by atoms with van der Waals surface area (Å²) in [7, 11) is 0. The van der Waals surface area contributed by atoms with Crippen molar-refractivity contribution < 1.29 is 18.7 Å². The van der Waals surface area contributed by atoms with Crippen molar-refractivity contribution in [2.24, 2.45) is 0 Å². The number of aromatic nitrogens is 1. The molecule has 2 aromatic carbocycles. The molecule has 0 saturated carbocycles. The zero-order valence-electron chi connectivity index (χ0n) is 14.9. The van der Waals surface area contributed by atoms with Gasteiger partial charge in [0.25, 0.3) is 11.5 Å². The SMILES string of the molecule is O=C(Nc1ccc(F)cc1F)c1c(O)c2sccc2n(Cc2ccccc2)c1=O. The van der Waals surface area contributed by atoms with Gasteiger partial charge in [-0.2, -0.15) is 0 Å². The van der Waals surface area contributed by atoms with Crippen LogP contribution in [0, 0.1) is 11.6 Å². The van der Waals surface area contributed by atoms with Crippen LogP contribution in [0.5, 0.6) is 5.75 Å². The molecule has 2 heterocycles. The van der Waals surface area contributed by atoms with E-state index in [1.165, 1.54) is 15.9 Å². The molecule has 146 valence electrons. The maximum atomic E-state index is 13.9. The number of amides is 1. The maximum Gasteiger partial charge on any atom is 0.268 e. The van der Waals surface area contributed by atoms with E-state index in [0.717, 1.165) is 17.7 Å². The van der Waals surface area contributed by atoms with Crippen LogP contribution in [-0.2, 0) is 6.54 Å². The van der Waals surface area contributed by atoms with Crippen LogP contribution in [0.3, 0.4) is 0 Å². The largest absolute Gasteiger partial charge is 0.505 e. The van der Waals surface area contributed by atoms with Crippen molar-refractivity contribution in [3.05, 3.63) is 93.1 Å². The Hall–Kier alpha value is -3.52. The number of rotatable bonds is 4. The van der Waals surface area contributed by atoms with E-state index in [0.29, 0.717) is 16.3 Å². The molecule has 0 radical (unpaired) electrons. The average Bonchev–Trinajstić information content (AvgIpc) is 3.18. The monoisotopic (exact) mass is 412 g/mol. The van der Waals surface area contributed by atoms with Crippen LogP contribution in [0.25, 0.3) is 10.2 Å². The van der Waals surface area contributed by atoms with E-state index in [1.807, 2.05) is 30.3 Å². The second kappa shape index (κ2) is 7.48. The summed E-state index contributed by atoms with van der Waals surface area (Å²) in [6, 6.07) is 13.5. The highest BCUT2D eigenvalue weighted by Crippen LogP contribution is 2.32. The molecule has 0 spiro atoms. The Morgan fingerprint density at radius 1 is 1.10 bits per heavy atom. The van der Waals surface area contributed by atoms with Gasteiger partial charge in [-0.05, 0) is 29.1 Å². The molecule has 0 bridgehead atoms. The van der Waals surface area contributed by atoms with Crippen molar-refractivity contribution >= 4 is 33.1 Å². The van der Waals surface area contributed by atoms with Gasteiger partial charge >= 0.3 is 0 Å². The standard InChI is InChI=1S/C21H14F2N2O3S/c22-13-6-7-15(14(23)10-13)24-20(27)17-18(26)19-16(8-9-29-19)25(21(17)28)11-12-4-2-1-3-5-12/h1-10,26H,11H2,(H,24,27). The quantitative estimate of drug-likeness (QED) is 0.524. The molecule has 0 aliphatic heterocycles. The highest BCUT2D eigenvalue weighted by Gasteiger charge is 2.24. The van der Waals surface area contributed by atoms with Gasteiger partial charge in [0.2, 0.25) is 0 Å². The van der Waals surface area contributed by atoms with Gasteiger partial charge in [0.15, 0.2) is 5.75 Å². The molecule has 29 heavy (non-hydrogen) atoms. The Morgan fingerprint density at radius 3 is 2.59 bits per heavy atom. The zero-order valence-corrected chi connectivity index (χ0v) is 15.7. The molecule has 0 atom stereocenters. The molecule has 0 saturated heterocycles. The van der Waals surface area contributed by atoms with Crippen LogP contribution in [-0.4, -0.2) is 15.6 Å². The van der Waals surface area contributed by atoms with Gasteiger partial charge in [-0.3, -0.25) is 9.59 Å². The topological polar surface area (TPSA) is 71.3 Å². The third-order valence-corrected chi connectivity index (χ3v) is 5.35. The molecule has 8 heteroatoms. The Balaban J connectivity index is 1.81. The number of nitrogens with one attached hydrogen (secondary N) is 1. The van der Waals surface area contributed by atoms with Crippen molar-refractivity contribution in [2.45, 2.75) is 6.54 Å². The predicted molar refractivity (Wildman–Crippen MR) is 108 cm³/mol. The number of aromatic hydroxyl groups is 1. The van der Waals surface area contributed by atoms with E-state index in [4.69, 9.17) is 0 Å². The molecule has 5 nitrogen and oxygen atoms in total. The smallest absolute Gasteiger partial charge is 0.268 e. The summed E-state index contributed by atoms with van der Waals surface area (Å²) in [5, 5.41) is 14.5. The number of hydrogen-bond acceptors (Lipinski definition) is 4. The summed E-state index contributed by atoms with van der Waals surface area (Å²) in [5.74, 6) is -3.23. The average molecular weight is 412 g/mol. The van der Waals surface area contributed by atoms with Crippen molar-refractivity contribution in [1.82, 2.24) is 4.57 Å². The number of benzene rings is 2. The second-order valence-corrected chi connectivity index (χ2v) is 7.23. The molecule has 0 fully saturated rings. The minimum absolute atomic E-state index is 0.193. The van der Waals surface area contributed by atoms with E-state index in [2.05, 4.69) is 5.32 Å². The maximum absolute atomic E-state index is 13.9. The van der Waals surface area contributed by atoms with Gasteiger partial charge < -0.3 is 15.0 Å². The van der Waals surface area contributed by atoms with Crippen molar-refractivity contribution in [2.75, 3.05) is 5.32 Å². The molecular weight excluding hydrogens is 398 g/mol. The van der Waals surface area contributed by atoms with Crippen LogP contribution in [0.15, 0.2) is 64.8 Å². The van der Waals surface area contributed by atoms with Gasteiger partial charge in [0.1, 0.15) is 17.2 Å². The lowest BCUT2D eigenvalue weighted by Gasteiger charge is -2.13. The predicted octanol–water partition coefficient (Wildman–Crippen LogP) is 4.35. The fraction of sp³-hybridized carbons (Fsp3) is 0.0476. The molecule has 2 aromatic heterocycles. The molecular formula is C21H14F2N2O3S. The van der Waals surface area contributed by atoms with E-state index in [1.54, 1.807) is 11.4 Å². The van der Waals surface area contributed by atoms with E-state index < -0.39 is 34.4 Å². The van der Waals surface area contributed by atoms with Crippen LogP contribution >= 0.6 is 11.3 Å². The summed E-state index contributed by atoms with van der Waals surface area (Å²) >= 11 is 1.18. The molecule has 4 rings (SSSR count). The van der Waals surface area contributed by atoms with Crippen molar-refractivity contribution in [3.63, 3.8) is 0 Å². The first-order chi connectivity index (χ1) is 14.0. The number of anilines is 1. The summed E-state index contributed by atoms with van der Waals surface area (Å²) in [5.41, 5.74) is -0.178. The molecule has 4 aromatic rings. The normalized spacial score (nSPS) is 11.0. The fourth-order valence-electron chi connectivity index (χ4n) is 3.05. The first-order valence-corrected chi connectivity index (χ1v) is 9.47. The van der Waals surface area contributed by atoms with E-state index in [9.17, 15) is 23.5 Å². The molecule has 1 amide bonds. The van der Waals surface area contributed by atoms with Gasteiger partial charge in [-0.25, -0.2) is 8.78 Å². The lowest BCUT2D eigenvalue weighted by Crippen LogP contribution is -2.30. The van der Waals surface area contributed by atoms with E-state index >= 15 is 0 Å². The summed E-state index contributed by atoms with van der Waals surface area (Å²) in [6.45, 7) is 0.193. The number of nitrogens with zero attached hydrogens (tertiary/aromatic N) is 1. The number of thiophene rings is 1. The lowest BCUT2D eigenvalue weighted by atomic mass is 10.1. The van der Waals surface area contributed by atoms with Crippen LogP contribution in [0.4, 0.5) is 14.5 Å². The number of carbonyl (C=O) groups excluding carboxylic acids is 1. The summed E-state index contributed by atoms with van der Waals surface area (Å²) < 4.78 is 28.7. The van der Waals surface area contributed by atoms with Gasteiger partial charge in [0.05, 0.1) is 22.4 Å². The van der Waals surface area contributed by atoms with Crippen LogP contribution < -0.4 is 10.9 Å². The third kappa shape index (κ3) is 3.50.